The Morgan fingerprint density at radius 2 is 1.78 bits per heavy atom. The molecule has 0 aromatic carbocycles. The lowest BCUT2D eigenvalue weighted by atomic mass is 10.3. The topological polar surface area (TPSA) is 34.9 Å². The van der Waals surface area contributed by atoms with Crippen molar-refractivity contribution in [2.75, 3.05) is 26.2 Å². The fraction of sp³-hybridized carbons (Fsp3) is 0.667. The summed E-state index contributed by atoms with van der Waals surface area (Å²) >= 11 is 11.6. The van der Waals surface area contributed by atoms with Crippen LogP contribution in [0.3, 0.4) is 0 Å². The molecule has 0 bridgehead atoms. The third kappa shape index (κ3) is 3.25. The van der Waals surface area contributed by atoms with Crippen LogP contribution < -0.4 is 5.56 Å². The number of hydrogen-bond donors (Lipinski definition) is 0. The Balaban J connectivity index is 2.87. The second-order valence-electron chi connectivity index (χ2n) is 4.35. The Hall–Kier alpha value is -0.580. The quantitative estimate of drug-likeness (QED) is 0.755. The first-order valence-corrected chi connectivity index (χ1v) is 7.01. The number of quaternary nitrogens is 1. The van der Waals surface area contributed by atoms with Gasteiger partial charge in [-0.3, -0.25) is 4.79 Å². The number of hydrogen-bond acceptors (Lipinski definition) is 2. The molecule has 18 heavy (non-hydrogen) atoms. The average Bonchev–Trinajstić information content (AvgIpc) is 2.40. The number of nitrogens with zero attached hydrogens (tertiary/aromatic N) is 3. The number of halogens is 2. The van der Waals surface area contributed by atoms with Crippen LogP contribution in [0.2, 0.25) is 10.0 Å². The first kappa shape index (κ1) is 15.5. The largest absolute Gasteiger partial charge is 0.323 e. The van der Waals surface area contributed by atoms with E-state index in [0.29, 0.717) is 6.54 Å². The van der Waals surface area contributed by atoms with E-state index in [4.69, 9.17) is 23.2 Å². The Labute approximate surface area is 118 Å². The summed E-state index contributed by atoms with van der Waals surface area (Å²) in [6.45, 7) is 11.1. The van der Waals surface area contributed by atoms with Crippen molar-refractivity contribution in [3.8, 4) is 0 Å². The van der Waals surface area contributed by atoms with Crippen molar-refractivity contribution in [2.45, 2.75) is 27.3 Å². The predicted octanol–water partition coefficient (Wildman–Crippen LogP) is 2.43. The van der Waals surface area contributed by atoms with Crippen LogP contribution in [-0.4, -0.2) is 40.4 Å². The van der Waals surface area contributed by atoms with Crippen LogP contribution in [0.1, 0.15) is 20.8 Å². The molecule has 0 spiro atoms. The van der Waals surface area contributed by atoms with Crippen LogP contribution in [0.25, 0.3) is 0 Å². The third-order valence-electron chi connectivity index (χ3n) is 3.74. The van der Waals surface area contributed by atoms with Gasteiger partial charge in [0.15, 0.2) is 0 Å². The molecule has 1 heterocycles. The summed E-state index contributed by atoms with van der Waals surface area (Å²) in [5.74, 6) is 0. The summed E-state index contributed by atoms with van der Waals surface area (Å²) in [7, 11) is 0. The minimum Gasteiger partial charge on any atom is -0.323 e. The summed E-state index contributed by atoms with van der Waals surface area (Å²) < 4.78 is 2.36. The lowest BCUT2D eigenvalue weighted by Gasteiger charge is -2.35. The second kappa shape index (κ2) is 6.55. The monoisotopic (exact) mass is 292 g/mol. The maximum atomic E-state index is 11.8. The summed E-state index contributed by atoms with van der Waals surface area (Å²) in [6.07, 6.45) is 1.42. The molecule has 0 fully saturated rings. The molecular formula is C12H20Cl2N3O+. The molecule has 4 nitrogen and oxygen atoms in total. The van der Waals surface area contributed by atoms with E-state index in [0.717, 1.165) is 30.7 Å². The van der Waals surface area contributed by atoms with Gasteiger partial charge in [-0.2, -0.15) is 5.10 Å². The van der Waals surface area contributed by atoms with Crippen molar-refractivity contribution < 1.29 is 4.48 Å². The maximum absolute atomic E-state index is 11.8. The summed E-state index contributed by atoms with van der Waals surface area (Å²) in [5.41, 5.74) is -0.314. The van der Waals surface area contributed by atoms with E-state index in [1.165, 1.54) is 10.9 Å². The first-order valence-electron chi connectivity index (χ1n) is 6.26. The van der Waals surface area contributed by atoms with Crippen molar-refractivity contribution >= 4 is 23.2 Å². The number of rotatable bonds is 6. The van der Waals surface area contributed by atoms with Gasteiger partial charge in [0, 0.05) is 0 Å². The minimum absolute atomic E-state index is 0.0502. The lowest BCUT2D eigenvalue weighted by Crippen LogP contribution is -2.50. The van der Waals surface area contributed by atoms with E-state index >= 15 is 0 Å². The summed E-state index contributed by atoms with van der Waals surface area (Å²) in [4.78, 5) is 11.8. The van der Waals surface area contributed by atoms with E-state index in [1.807, 2.05) is 0 Å². The van der Waals surface area contributed by atoms with Crippen molar-refractivity contribution in [3.63, 3.8) is 0 Å². The standard InChI is InChI=1S/C12H20Cl2N3O/c1-4-17(5-2,6-3)8-7-16-12(18)11(14)10(13)9-15-16/h9H,4-8H2,1-3H3/q+1. The van der Waals surface area contributed by atoms with Crippen LogP contribution in [0.5, 0.6) is 0 Å². The van der Waals surface area contributed by atoms with E-state index in [-0.39, 0.29) is 15.6 Å². The zero-order valence-electron chi connectivity index (χ0n) is 11.1. The van der Waals surface area contributed by atoms with Gasteiger partial charge in [-0.15, -0.1) is 0 Å². The molecule has 6 heteroatoms. The van der Waals surface area contributed by atoms with Crippen LogP contribution in [0, 0.1) is 0 Å². The molecule has 0 saturated heterocycles. The fourth-order valence-corrected chi connectivity index (χ4v) is 2.33. The molecule has 1 aromatic rings. The molecular weight excluding hydrogens is 273 g/mol. The average molecular weight is 293 g/mol. The second-order valence-corrected chi connectivity index (χ2v) is 5.13. The van der Waals surface area contributed by atoms with Gasteiger partial charge in [-0.25, -0.2) is 4.68 Å². The van der Waals surface area contributed by atoms with Gasteiger partial charge < -0.3 is 4.48 Å². The van der Waals surface area contributed by atoms with Gasteiger partial charge >= 0.3 is 0 Å². The lowest BCUT2D eigenvalue weighted by molar-refractivity contribution is -0.923. The number of aromatic nitrogens is 2. The predicted molar refractivity (Wildman–Crippen MR) is 75.3 cm³/mol. The molecule has 0 unspecified atom stereocenters. The highest BCUT2D eigenvalue weighted by Crippen LogP contribution is 2.14. The first-order chi connectivity index (χ1) is 8.49. The zero-order valence-corrected chi connectivity index (χ0v) is 12.6. The van der Waals surface area contributed by atoms with Crippen LogP contribution in [-0.2, 0) is 6.54 Å². The Morgan fingerprint density at radius 3 is 2.28 bits per heavy atom. The van der Waals surface area contributed by atoms with Gasteiger partial charge in [0.1, 0.15) is 5.02 Å². The highest BCUT2D eigenvalue weighted by atomic mass is 35.5. The smallest absolute Gasteiger partial charge is 0.287 e. The third-order valence-corrected chi connectivity index (χ3v) is 4.49. The summed E-state index contributed by atoms with van der Waals surface area (Å²) in [6, 6.07) is 0. The van der Waals surface area contributed by atoms with Crippen molar-refractivity contribution in [3.05, 3.63) is 26.6 Å². The molecule has 0 amide bonds. The van der Waals surface area contributed by atoms with Crippen LogP contribution >= 0.6 is 23.2 Å². The Kier molecular flexibility index (Phi) is 5.63. The van der Waals surface area contributed by atoms with E-state index < -0.39 is 0 Å². The van der Waals surface area contributed by atoms with Gasteiger partial charge in [-0.05, 0) is 20.8 Å². The van der Waals surface area contributed by atoms with E-state index in [1.54, 1.807) is 0 Å². The molecule has 0 aliphatic rings. The van der Waals surface area contributed by atoms with Gasteiger partial charge in [0.2, 0.25) is 0 Å². The molecule has 0 N–H and O–H groups in total. The van der Waals surface area contributed by atoms with Gasteiger partial charge in [0.05, 0.1) is 43.9 Å². The molecule has 102 valence electrons. The Morgan fingerprint density at radius 1 is 1.22 bits per heavy atom. The molecule has 1 aromatic heterocycles. The number of likely N-dealkylation sites (N-methyl/N-ethyl adjacent to an activating group) is 1. The van der Waals surface area contributed by atoms with Gasteiger partial charge in [-0.1, -0.05) is 23.2 Å². The highest BCUT2D eigenvalue weighted by molar-refractivity contribution is 6.41. The normalized spacial score (nSPS) is 11.8. The molecule has 0 aliphatic heterocycles. The SMILES string of the molecule is CC[N+](CC)(CC)CCn1ncc(Cl)c(Cl)c1=O. The van der Waals surface area contributed by atoms with Crippen molar-refractivity contribution in [1.82, 2.24) is 9.78 Å². The van der Waals surface area contributed by atoms with Crippen LogP contribution in [0.4, 0.5) is 0 Å². The Bertz CT molecular complexity index is 447. The highest BCUT2D eigenvalue weighted by Gasteiger charge is 2.21. The van der Waals surface area contributed by atoms with Crippen molar-refractivity contribution in [2.24, 2.45) is 0 Å². The molecule has 1 rings (SSSR count). The van der Waals surface area contributed by atoms with E-state index in [9.17, 15) is 4.79 Å². The van der Waals surface area contributed by atoms with E-state index in [2.05, 4.69) is 25.9 Å². The maximum Gasteiger partial charge on any atom is 0.287 e. The molecule has 0 radical (unpaired) electrons. The van der Waals surface area contributed by atoms with Gasteiger partial charge in [0.25, 0.3) is 5.56 Å². The van der Waals surface area contributed by atoms with Crippen LogP contribution in [0.15, 0.2) is 11.0 Å². The summed E-state index contributed by atoms with van der Waals surface area (Å²) in [5, 5.41) is 4.28. The fourth-order valence-electron chi connectivity index (χ4n) is 2.06. The van der Waals surface area contributed by atoms with Crippen molar-refractivity contribution in [1.29, 1.82) is 0 Å². The molecule has 0 aliphatic carbocycles. The minimum atomic E-state index is -0.314. The molecule has 0 atom stereocenters. The zero-order chi connectivity index (χ0) is 13.8. The molecule has 0 saturated carbocycles.